The minimum atomic E-state index is 0. The molecule has 0 aliphatic rings. The van der Waals surface area contributed by atoms with E-state index >= 15 is 0 Å². The van der Waals surface area contributed by atoms with Crippen molar-refractivity contribution in [3.63, 3.8) is 0 Å². The van der Waals surface area contributed by atoms with Crippen molar-refractivity contribution in [3.05, 3.63) is 79.8 Å². The molecule has 5 atom stereocenters. The number of rotatable bonds is 15. The molecule has 150 valence electrons. The summed E-state index contributed by atoms with van der Waals surface area (Å²) in [7, 11) is 5.36. The maximum atomic E-state index is 5.63. The van der Waals surface area contributed by atoms with Crippen LogP contribution in [0.2, 0.25) is 0 Å². The Kier molecular flexibility index (Phi) is 27.1. The zero-order valence-corrected chi connectivity index (χ0v) is 23.8. The normalized spacial score (nSPS) is 15.5. The molecular weight excluding hydrogens is 615 g/mol. The predicted octanol–water partition coefficient (Wildman–Crippen LogP) is 7.07. The quantitative estimate of drug-likeness (QED) is 0.0819. The van der Waals surface area contributed by atoms with Crippen LogP contribution in [0.5, 0.6) is 0 Å². The molecule has 0 fully saturated rings. The number of hydrogen-bond acceptors (Lipinski definition) is 2. The summed E-state index contributed by atoms with van der Waals surface area (Å²) in [6.45, 7) is 5.86. The van der Waals surface area contributed by atoms with Gasteiger partial charge in [-0.25, -0.2) is 19.1 Å². The monoisotopic (exact) mass is 649 g/mol. The van der Waals surface area contributed by atoms with E-state index in [1.54, 1.807) is 6.08 Å². The van der Waals surface area contributed by atoms with Crippen LogP contribution < -0.4 is 0 Å². The second-order valence-corrected chi connectivity index (χ2v) is 6.96. The molecule has 0 radical (unpaired) electrons. The third-order valence-corrected chi connectivity index (χ3v) is 4.56. The van der Waals surface area contributed by atoms with E-state index in [9.17, 15) is 0 Å². The van der Waals surface area contributed by atoms with E-state index in [4.69, 9.17) is 9.05 Å². The van der Waals surface area contributed by atoms with E-state index in [1.165, 1.54) is 0 Å². The molecule has 0 aromatic carbocycles. The summed E-state index contributed by atoms with van der Waals surface area (Å²) in [5, 5.41) is 0. The zero-order valence-electron chi connectivity index (χ0n) is 16.3. The molecule has 0 N–H and O–H groups in total. The maximum Gasteiger partial charge on any atom is 0.0794 e. The average Bonchev–Trinajstić information content (AvgIpc) is 2.65. The van der Waals surface area contributed by atoms with Crippen molar-refractivity contribution >= 4 is 26.9 Å². The number of hydrogen-bond donors (Lipinski definition) is 0. The number of allylic oxidation sites excluding steroid dienone is 9. The van der Waals surface area contributed by atoms with Crippen molar-refractivity contribution in [3.8, 4) is 0 Å². The Morgan fingerprint density at radius 2 is 1.52 bits per heavy atom. The van der Waals surface area contributed by atoms with Gasteiger partial charge in [0.1, 0.15) is 0 Å². The van der Waals surface area contributed by atoms with Crippen LogP contribution in [0.1, 0.15) is 39.0 Å². The van der Waals surface area contributed by atoms with Crippen molar-refractivity contribution in [1.82, 2.24) is 0 Å². The Morgan fingerprint density at radius 1 is 0.926 bits per heavy atom. The first-order valence-corrected chi connectivity index (χ1v) is 12.2. The minimum Gasteiger partial charge on any atom is -0.358 e. The summed E-state index contributed by atoms with van der Waals surface area (Å²) < 4.78 is 10.9. The van der Waals surface area contributed by atoms with Crippen LogP contribution >= 0.6 is 26.9 Å². The van der Waals surface area contributed by atoms with Crippen LogP contribution in [0, 0.1) is 38.0 Å². The standard InChI is InChI=1S/C21H34O2P3.U/c1-3-5-17-21(23-26-25)19-15-13-11-9-7-6-8-10-12-14-18-20(22-24)16-4-2;/h3,5-7,10-15,18-21,26H,1,4,8-9,16-17,24-25H2,2H3;/q-1;/b5-3-,7-6-,12-10-,13-11-,18-14+,19-15+;. The first-order chi connectivity index (χ1) is 12.8. The Balaban J connectivity index is 0. The van der Waals surface area contributed by atoms with Crippen LogP contribution in [-0.2, 0) is 9.05 Å². The Bertz CT molecular complexity index is 486. The van der Waals surface area contributed by atoms with Crippen LogP contribution in [0.25, 0.3) is 0 Å². The fraction of sp³-hybridized carbons (Fsp3) is 0.381. The fourth-order valence-electron chi connectivity index (χ4n) is 2.02. The van der Waals surface area contributed by atoms with Gasteiger partial charge in [-0.2, -0.15) is 0 Å². The molecule has 0 rings (SSSR count). The summed E-state index contributed by atoms with van der Waals surface area (Å²) in [6, 6.07) is 0. The van der Waals surface area contributed by atoms with Crippen LogP contribution in [0.3, 0.4) is 0 Å². The average molecular weight is 649 g/mol. The largest absolute Gasteiger partial charge is 0.358 e. The molecule has 0 aromatic heterocycles. The van der Waals surface area contributed by atoms with E-state index in [0.29, 0.717) is 8.50 Å². The zero-order chi connectivity index (χ0) is 19.3. The van der Waals surface area contributed by atoms with Crippen molar-refractivity contribution in [2.45, 2.75) is 51.2 Å². The molecule has 27 heavy (non-hydrogen) atoms. The summed E-state index contributed by atoms with van der Waals surface area (Å²) in [5.74, 6) is 0. The third kappa shape index (κ3) is 21.1. The van der Waals surface area contributed by atoms with Gasteiger partial charge in [0, 0.05) is 49.1 Å². The fourth-order valence-corrected chi connectivity index (χ4v) is 3.12. The summed E-state index contributed by atoms with van der Waals surface area (Å²) >= 11 is 0. The van der Waals surface area contributed by atoms with Gasteiger partial charge < -0.3 is 9.05 Å². The first kappa shape index (κ1) is 29.8. The molecule has 6 heteroatoms. The van der Waals surface area contributed by atoms with Crippen molar-refractivity contribution in [1.29, 1.82) is 0 Å². The van der Waals surface area contributed by atoms with Gasteiger partial charge >= 0.3 is 0 Å². The van der Waals surface area contributed by atoms with Gasteiger partial charge in [-0.1, -0.05) is 89.5 Å². The molecule has 2 nitrogen and oxygen atoms in total. The van der Waals surface area contributed by atoms with Gasteiger partial charge in [0.05, 0.1) is 12.2 Å². The topological polar surface area (TPSA) is 18.5 Å². The summed E-state index contributed by atoms with van der Waals surface area (Å²) in [5.41, 5.74) is 0. The van der Waals surface area contributed by atoms with Gasteiger partial charge in [-0.15, -0.1) is 0 Å². The Labute approximate surface area is 197 Å². The molecule has 0 aliphatic carbocycles. The molecule has 0 saturated heterocycles. The van der Waals surface area contributed by atoms with E-state index < -0.39 is 0 Å². The molecular formula is C21H34O2P3U-. The van der Waals surface area contributed by atoms with Crippen LogP contribution in [0.4, 0.5) is 0 Å². The van der Waals surface area contributed by atoms with Crippen molar-refractivity contribution in [2.24, 2.45) is 0 Å². The molecule has 0 heterocycles. The van der Waals surface area contributed by atoms with E-state index in [1.807, 2.05) is 12.2 Å². The second kappa shape index (κ2) is 24.6. The molecule has 0 bridgehead atoms. The van der Waals surface area contributed by atoms with Gasteiger partial charge in [0.15, 0.2) is 0 Å². The molecule has 0 aromatic rings. The summed E-state index contributed by atoms with van der Waals surface area (Å²) in [6.07, 6.45) is 30.1. The molecule has 5 unspecified atom stereocenters. The Morgan fingerprint density at radius 3 is 2.00 bits per heavy atom. The van der Waals surface area contributed by atoms with E-state index in [2.05, 4.69) is 86.9 Å². The van der Waals surface area contributed by atoms with Crippen molar-refractivity contribution < 1.29 is 40.2 Å². The van der Waals surface area contributed by atoms with Gasteiger partial charge in [-0.05, 0) is 19.3 Å². The van der Waals surface area contributed by atoms with Crippen LogP contribution in [-0.4, -0.2) is 12.2 Å². The van der Waals surface area contributed by atoms with E-state index in [0.717, 1.165) is 32.1 Å². The smallest absolute Gasteiger partial charge is 0.0794 e. The van der Waals surface area contributed by atoms with E-state index in [-0.39, 0.29) is 43.3 Å². The third-order valence-electron chi connectivity index (χ3n) is 3.36. The van der Waals surface area contributed by atoms with Gasteiger partial charge in [0.25, 0.3) is 0 Å². The SMILES string of the molecule is [CH2-]/C=C\CC(/C=C/C=C\C/C=C\C/C=C\C=C\C(CCC)OP)OPP.[U]. The predicted molar refractivity (Wildman–Crippen MR) is 126 cm³/mol. The van der Waals surface area contributed by atoms with Gasteiger partial charge in [-0.3, -0.25) is 0 Å². The van der Waals surface area contributed by atoms with Gasteiger partial charge in [0.2, 0.25) is 0 Å². The first-order valence-electron chi connectivity index (χ1n) is 9.01. The summed E-state index contributed by atoms with van der Waals surface area (Å²) in [4.78, 5) is 0. The molecule has 0 spiro atoms. The minimum absolute atomic E-state index is 0. The van der Waals surface area contributed by atoms with Crippen molar-refractivity contribution in [2.75, 3.05) is 0 Å². The maximum absolute atomic E-state index is 5.63. The van der Waals surface area contributed by atoms with Crippen LogP contribution in [0.15, 0.2) is 72.9 Å². The second-order valence-electron chi connectivity index (χ2n) is 5.51. The molecule has 0 aliphatic heterocycles. The molecule has 0 saturated carbocycles. The Hall–Kier alpha value is 0.572. The molecule has 0 amide bonds.